The summed E-state index contributed by atoms with van der Waals surface area (Å²) in [7, 11) is 0. The Balaban J connectivity index is 2.33. The molecule has 1 aromatic heterocycles. The van der Waals surface area contributed by atoms with E-state index >= 15 is 0 Å². The number of aromatic nitrogens is 2. The summed E-state index contributed by atoms with van der Waals surface area (Å²) < 4.78 is 19.0. The molecule has 0 radical (unpaired) electrons. The Hall–Kier alpha value is -1.68. The summed E-state index contributed by atoms with van der Waals surface area (Å²) >= 11 is 5.85. The highest BCUT2D eigenvalue weighted by atomic mass is 35.5. The standard InChI is InChI=1S/C14H14ClFN2O/c1-9(2)14-17-8-13(11(7-15)18-14)19-12-6-4-3-5-10(12)16/h3-6,8-9H,7H2,1-2H3. The third-order valence-electron chi connectivity index (χ3n) is 2.55. The molecule has 0 bridgehead atoms. The molecule has 3 nitrogen and oxygen atoms in total. The zero-order valence-electron chi connectivity index (χ0n) is 10.7. The van der Waals surface area contributed by atoms with Gasteiger partial charge in [0.15, 0.2) is 17.3 Å². The maximum atomic E-state index is 13.5. The fourth-order valence-electron chi connectivity index (χ4n) is 1.53. The Morgan fingerprint density at radius 2 is 2.00 bits per heavy atom. The topological polar surface area (TPSA) is 35.0 Å². The Labute approximate surface area is 116 Å². The second-order valence-corrected chi connectivity index (χ2v) is 4.63. The predicted octanol–water partition coefficient (Wildman–Crippen LogP) is 4.27. The molecule has 2 aromatic rings. The molecular weight excluding hydrogens is 267 g/mol. The highest BCUT2D eigenvalue weighted by Gasteiger charge is 2.12. The summed E-state index contributed by atoms with van der Waals surface area (Å²) in [5.41, 5.74) is 0.559. The van der Waals surface area contributed by atoms with Crippen molar-refractivity contribution in [2.24, 2.45) is 0 Å². The second kappa shape index (κ2) is 5.97. The lowest BCUT2D eigenvalue weighted by atomic mass is 10.2. The van der Waals surface area contributed by atoms with Gasteiger partial charge in [0.25, 0.3) is 0 Å². The molecule has 0 unspecified atom stereocenters. The number of para-hydroxylation sites is 1. The molecule has 0 spiro atoms. The minimum Gasteiger partial charge on any atom is -0.451 e. The maximum Gasteiger partial charge on any atom is 0.168 e. The van der Waals surface area contributed by atoms with Crippen molar-refractivity contribution in [3.63, 3.8) is 0 Å². The first-order valence-electron chi connectivity index (χ1n) is 5.96. The van der Waals surface area contributed by atoms with Gasteiger partial charge >= 0.3 is 0 Å². The SMILES string of the molecule is CC(C)c1ncc(Oc2ccccc2F)c(CCl)n1. The molecule has 0 atom stereocenters. The van der Waals surface area contributed by atoms with Gasteiger partial charge in [0.05, 0.1) is 12.1 Å². The van der Waals surface area contributed by atoms with Crippen LogP contribution in [-0.4, -0.2) is 9.97 Å². The van der Waals surface area contributed by atoms with Crippen molar-refractivity contribution in [3.8, 4) is 11.5 Å². The van der Waals surface area contributed by atoms with E-state index in [2.05, 4.69) is 9.97 Å². The van der Waals surface area contributed by atoms with E-state index in [0.29, 0.717) is 17.3 Å². The summed E-state index contributed by atoms with van der Waals surface area (Å²) in [5, 5.41) is 0. The number of hydrogen-bond donors (Lipinski definition) is 0. The van der Waals surface area contributed by atoms with Crippen molar-refractivity contribution in [3.05, 3.63) is 47.8 Å². The molecule has 0 saturated heterocycles. The smallest absolute Gasteiger partial charge is 0.168 e. The lowest BCUT2D eigenvalue weighted by molar-refractivity contribution is 0.433. The first-order chi connectivity index (χ1) is 9.11. The van der Waals surface area contributed by atoms with Gasteiger partial charge in [-0.05, 0) is 12.1 Å². The van der Waals surface area contributed by atoms with Crippen LogP contribution < -0.4 is 4.74 Å². The fraction of sp³-hybridized carbons (Fsp3) is 0.286. The quantitative estimate of drug-likeness (QED) is 0.785. The molecule has 0 aliphatic carbocycles. The van der Waals surface area contributed by atoms with Gasteiger partial charge in [-0.2, -0.15) is 0 Å². The minimum absolute atomic E-state index is 0.134. The van der Waals surface area contributed by atoms with Crippen molar-refractivity contribution in [1.29, 1.82) is 0 Å². The van der Waals surface area contributed by atoms with E-state index in [0.717, 1.165) is 0 Å². The molecule has 0 saturated carbocycles. The molecule has 0 N–H and O–H groups in total. The Morgan fingerprint density at radius 3 is 2.63 bits per heavy atom. The van der Waals surface area contributed by atoms with Crippen LogP contribution in [0.1, 0.15) is 31.3 Å². The average Bonchev–Trinajstić information content (AvgIpc) is 2.41. The van der Waals surface area contributed by atoms with Crippen molar-refractivity contribution in [1.82, 2.24) is 9.97 Å². The summed E-state index contributed by atoms with van der Waals surface area (Å²) in [6.45, 7) is 3.98. The number of hydrogen-bond acceptors (Lipinski definition) is 3. The van der Waals surface area contributed by atoms with Crippen LogP contribution in [0.2, 0.25) is 0 Å². The first-order valence-corrected chi connectivity index (χ1v) is 6.49. The van der Waals surface area contributed by atoms with Crippen LogP contribution in [0.15, 0.2) is 30.5 Å². The van der Waals surface area contributed by atoms with E-state index in [4.69, 9.17) is 16.3 Å². The van der Waals surface area contributed by atoms with Crippen LogP contribution in [0.3, 0.4) is 0 Å². The van der Waals surface area contributed by atoms with E-state index < -0.39 is 5.82 Å². The number of alkyl halides is 1. The Kier molecular flexibility index (Phi) is 4.32. The van der Waals surface area contributed by atoms with Crippen molar-refractivity contribution in [2.45, 2.75) is 25.6 Å². The van der Waals surface area contributed by atoms with Crippen LogP contribution in [0.25, 0.3) is 0 Å². The van der Waals surface area contributed by atoms with Gasteiger partial charge < -0.3 is 4.74 Å². The van der Waals surface area contributed by atoms with Gasteiger partial charge in [0.1, 0.15) is 11.5 Å². The minimum atomic E-state index is -0.434. The average molecular weight is 281 g/mol. The fourth-order valence-corrected chi connectivity index (χ4v) is 1.72. The van der Waals surface area contributed by atoms with Crippen LogP contribution in [-0.2, 0) is 5.88 Å². The van der Waals surface area contributed by atoms with Crippen LogP contribution in [0.5, 0.6) is 11.5 Å². The zero-order chi connectivity index (χ0) is 13.8. The van der Waals surface area contributed by atoms with Crippen molar-refractivity contribution >= 4 is 11.6 Å². The molecular formula is C14H14ClFN2O. The normalized spacial score (nSPS) is 10.8. The molecule has 0 fully saturated rings. The molecule has 100 valence electrons. The molecule has 0 amide bonds. The number of ether oxygens (including phenoxy) is 1. The summed E-state index contributed by atoms with van der Waals surface area (Å²) in [6.07, 6.45) is 1.53. The van der Waals surface area contributed by atoms with Crippen LogP contribution in [0, 0.1) is 5.82 Å². The van der Waals surface area contributed by atoms with E-state index in [1.165, 1.54) is 12.3 Å². The maximum absolute atomic E-state index is 13.5. The highest BCUT2D eigenvalue weighted by molar-refractivity contribution is 6.17. The zero-order valence-corrected chi connectivity index (χ0v) is 11.5. The van der Waals surface area contributed by atoms with Crippen LogP contribution in [0.4, 0.5) is 4.39 Å². The van der Waals surface area contributed by atoms with E-state index in [-0.39, 0.29) is 17.5 Å². The number of benzene rings is 1. The lowest BCUT2D eigenvalue weighted by Gasteiger charge is -2.11. The van der Waals surface area contributed by atoms with Crippen molar-refractivity contribution < 1.29 is 9.13 Å². The van der Waals surface area contributed by atoms with Gasteiger partial charge in [0.2, 0.25) is 0 Å². The summed E-state index contributed by atoms with van der Waals surface area (Å²) in [4.78, 5) is 8.52. The van der Waals surface area contributed by atoms with Gasteiger partial charge in [-0.1, -0.05) is 26.0 Å². The Bertz CT molecular complexity index is 575. The number of halogens is 2. The predicted molar refractivity (Wildman–Crippen MR) is 72.2 cm³/mol. The van der Waals surface area contributed by atoms with Gasteiger partial charge in [-0.15, -0.1) is 11.6 Å². The van der Waals surface area contributed by atoms with Gasteiger partial charge in [-0.25, -0.2) is 14.4 Å². The largest absolute Gasteiger partial charge is 0.451 e. The monoisotopic (exact) mass is 280 g/mol. The molecule has 0 aliphatic heterocycles. The van der Waals surface area contributed by atoms with Gasteiger partial charge in [-0.3, -0.25) is 0 Å². The lowest BCUT2D eigenvalue weighted by Crippen LogP contribution is -2.02. The molecule has 0 aliphatic rings. The second-order valence-electron chi connectivity index (χ2n) is 4.36. The highest BCUT2D eigenvalue weighted by Crippen LogP contribution is 2.27. The van der Waals surface area contributed by atoms with E-state index in [1.807, 2.05) is 13.8 Å². The summed E-state index contributed by atoms with van der Waals surface area (Å²) in [5.74, 6) is 1.16. The molecule has 2 rings (SSSR count). The third kappa shape index (κ3) is 3.20. The van der Waals surface area contributed by atoms with Crippen molar-refractivity contribution in [2.75, 3.05) is 0 Å². The number of nitrogens with zero attached hydrogens (tertiary/aromatic N) is 2. The molecule has 19 heavy (non-hydrogen) atoms. The molecule has 1 aromatic carbocycles. The summed E-state index contributed by atoms with van der Waals surface area (Å²) in [6, 6.07) is 6.17. The first kappa shape index (κ1) is 13.7. The van der Waals surface area contributed by atoms with E-state index in [1.54, 1.807) is 18.2 Å². The Morgan fingerprint density at radius 1 is 1.26 bits per heavy atom. The number of rotatable bonds is 4. The molecule has 1 heterocycles. The van der Waals surface area contributed by atoms with Crippen LogP contribution >= 0.6 is 11.6 Å². The van der Waals surface area contributed by atoms with Gasteiger partial charge in [0, 0.05) is 5.92 Å². The molecule has 5 heteroatoms. The third-order valence-corrected chi connectivity index (χ3v) is 2.80. The van der Waals surface area contributed by atoms with E-state index in [9.17, 15) is 4.39 Å².